The SMILES string of the molecule is CCNC1(C(=O)OC)CCCC1CCN1C(=O)CCC1=O. The van der Waals surface area contributed by atoms with E-state index in [-0.39, 0.29) is 23.7 Å². The van der Waals surface area contributed by atoms with Crippen LogP contribution in [-0.2, 0) is 19.1 Å². The summed E-state index contributed by atoms with van der Waals surface area (Å²) >= 11 is 0. The van der Waals surface area contributed by atoms with Crippen molar-refractivity contribution in [2.75, 3.05) is 20.2 Å². The first-order valence-electron chi connectivity index (χ1n) is 7.71. The van der Waals surface area contributed by atoms with Gasteiger partial charge in [0.15, 0.2) is 0 Å². The number of nitrogens with zero attached hydrogens (tertiary/aromatic N) is 1. The molecule has 6 heteroatoms. The van der Waals surface area contributed by atoms with Gasteiger partial charge in [0.25, 0.3) is 0 Å². The lowest BCUT2D eigenvalue weighted by Crippen LogP contribution is -2.55. The van der Waals surface area contributed by atoms with Crippen LogP contribution in [0.5, 0.6) is 0 Å². The number of esters is 1. The maximum Gasteiger partial charge on any atom is 0.326 e. The third-order valence-electron chi connectivity index (χ3n) is 4.72. The highest BCUT2D eigenvalue weighted by Crippen LogP contribution is 2.39. The number of rotatable bonds is 6. The number of imide groups is 1. The van der Waals surface area contributed by atoms with Gasteiger partial charge < -0.3 is 10.1 Å². The number of likely N-dealkylation sites (tertiary alicyclic amines) is 1. The van der Waals surface area contributed by atoms with Crippen LogP contribution >= 0.6 is 0 Å². The highest BCUT2D eigenvalue weighted by atomic mass is 16.5. The van der Waals surface area contributed by atoms with Crippen molar-refractivity contribution in [2.24, 2.45) is 5.92 Å². The normalized spacial score (nSPS) is 29.2. The first kappa shape index (κ1) is 15.9. The summed E-state index contributed by atoms with van der Waals surface area (Å²) in [4.78, 5) is 36.9. The molecule has 1 N–H and O–H groups in total. The van der Waals surface area contributed by atoms with E-state index in [0.29, 0.717) is 32.4 Å². The van der Waals surface area contributed by atoms with Gasteiger partial charge in [-0.1, -0.05) is 13.3 Å². The summed E-state index contributed by atoms with van der Waals surface area (Å²) < 4.78 is 4.99. The quantitative estimate of drug-likeness (QED) is 0.581. The van der Waals surface area contributed by atoms with Crippen molar-refractivity contribution in [3.05, 3.63) is 0 Å². The number of likely N-dealkylation sites (N-methyl/N-ethyl adjacent to an activating group) is 1. The first-order chi connectivity index (χ1) is 10.0. The molecule has 0 spiro atoms. The van der Waals surface area contributed by atoms with Gasteiger partial charge in [0.05, 0.1) is 7.11 Å². The van der Waals surface area contributed by atoms with E-state index in [1.807, 2.05) is 6.92 Å². The Bertz CT molecular complexity index is 421. The van der Waals surface area contributed by atoms with E-state index in [2.05, 4.69) is 5.32 Å². The zero-order valence-corrected chi connectivity index (χ0v) is 12.8. The third kappa shape index (κ3) is 2.95. The Balaban J connectivity index is 2.05. The molecule has 2 amide bonds. The highest BCUT2D eigenvalue weighted by molar-refractivity contribution is 6.01. The average molecular weight is 296 g/mol. The average Bonchev–Trinajstić information content (AvgIpc) is 3.02. The lowest BCUT2D eigenvalue weighted by Gasteiger charge is -2.34. The summed E-state index contributed by atoms with van der Waals surface area (Å²) in [5.41, 5.74) is -0.657. The summed E-state index contributed by atoms with van der Waals surface area (Å²) in [5.74, 6) is -0.313. The van der Waals surface area contributed by atoms with E-state index < -0.39 is 5.54 Å². The van der Waals surface area contributed by atoms with E-state index in [1.165, 1.54) is 12.0 Å². The lowest BCUT2D eigenvalue weighted by molar-refractivity contribution is -0.150. The molecule has 1 saturated heterocycles. The molecule has 0 aromatic heterocycles. The minimum Gasteiger partial charge on any atom is -0.468 e. The molecule has 2 rings (SSSR count). The Morgan fingerprint density at radius 2 is 2.05 bits per heavy atom. The summed E-state index contributed by atoms with van der Waals surface area (Å²) in [5, 5.41) is 3.29. The molecule has 21 heavy (non-hydrogen) atoms. The minimum atomic E-state index is -0.657. The number of carbonyl (C=O) groups excluding carboxylic acids is 3. The number of hydrogen-bond donors (Lipinski definition) is 1. The van der Waals surface area contributed by atoms with E-state index in [9.17, 15) is 14.4 Å². The van der Waals surface area contributed by atoms with Gasteiger partial charge in [0.2, 0.25) is 11.8 Å². The van der Waals surface area contributed by atoms with Crippen molar-refractivity contribution >= 4 is 17.8 Å². The Morgan fingerprint density at radius 3 is 2.62 bits per heavy atom. The van der Waals surface area contributed by atoms with Gasteiger partial charge in [-0.05, 0) is 31.7 Å². The lowest BCUT2D eigenvalue weighted by atomic mass is 9.84. The van der Waals surface area contributed by atoms with Crippen LogP contribution in [0, 0.1) is 5.92 Å². The second-order valence-corrected chi connectivity index (χ2v) is 5.81. The van der Waals surface area contributed by atoms with Crippen LogP contribution < -0.4 is 5.32 Å². The maximum atomic E-state index is 12.2. The molecule has 0 aromatic carbocycles. The fourth-order valence-corrected chi connectivity index (χ4v) is 3.70. The molecule has 2 aliphatic rings. The standard InChI is InChI=1S/C15H24N2O4/c1-3-16-15(14(20)21-2)9-4-5-11(15)8-10-17-12(18)6-7-13(17)19/h11,16H,3-10H2,1-2H3. The highest BCUT2D eigenvalue weighted by Gasteiger charge is 2.49. The number of methoxy groups -OCH3 is 1. The second kappa shape index (κ2) is 6.56. The Labute approximate surface area is 125 Å². The van der Waals surface area contributed by atoms with Crippen LogP contribution in [-0.4, -0.2) is 48.4 Å². The van der Waals surface area contributed by atoms with E-state index in [1.54, 1.807) is 0 Å². The largest absolute Gasteiger partial charge is 0.468 e. The van der Waals surface area contributed by atoms with E-state index >= 15 is 0 Å². The minimum absolute atomic E-state index is 0.0925. The van der Waals surface area contributed by atoms with Gasteiger partial charge in [-0.25, -0.2) is 0 Å². The van der Waals surface area contributed by atoms with Crippen LogP contribution in [0.4, 0.5) is 0 Å². The molecule has 0 aromatic rings. The molecule has 1 aliphatic carbocycles. The van der Waals surface area contributed by atoms with E-state index in [4.69, 9.17) is 4.74 Å². The summed E-state index contributed by atoms with van der Waals surface area (Å²) in [7, 11) is 1.41. The molecule has 2 atom stereocenters. The van der Waals surface area contributed by atoms with Crippen LogP contribution in [0.25, 0.3) is 0 Å². The first-order valence-corrected chi connectivity index (χ1v) is 7.71. The van der Waals surface area contributed by atoms with Crippen molar-refractivity contribution < 1.29 is 19.1 Å². The van der Waals surface area contributed by atoms with Gasteiger partial charge in [-0.2, -0.15) is 0 Å². The van der Waals surface area contributed by atoms with Crippen molar-refractivity contribution in [1.29, 1.82) is 0 Å². The van der Waals surface area contributed by atoms with E-state index in [0.717, 1.165) is 19.3 Å². The Hall–Kier alpha value is -1.43. The second-order valence-electron chi connectivity index (χ2n) is 5.81. The van der Waals surface area contributed by atoms with Crippen LogP contribution in [0.15, 0.2) is 0 Å². The van der Waals surface area contributed by atoms with Gasteiger partial charge in [0, 0.05) is 19.4 Å². The van der Waals surface area contributed by atoms with Crippen molar-refractivity contribution in [3.8, 4) is 0 Å². The molecule has 6 nitrogen and oxygen atoms in total. The molecular weight excluding hydrogens is 272 g/mol. The predicted molar refractivity (Wildman–Crippen MR) is 76.3 cm³/mol. The van der Waals surface area contributed by atoms with Crippen LogP contribution in [0.1, 0.15) is 45.4 Å². The summed E-state index contributed by atoms with van der Waals surface area (Å²) in [6.45, 7) is 3.06. The number of ether oxygens (including phenoxy) is 1. The number of amides is 2. The molecule has 1 saturated carbocycles. The maximum absolute atomic E-state index is 12.2. The molecule has 1 heterocycles. The molecule has 0 bridgehead atoms. The van der Waals surface area contributed by atoms with Gasteiger partial charge >= 0.3 is 5.97 Å². The zero-order chi connectivity index (χ0) is 15.5. The smallest absolute Gasteiger partial charge is 0.326 e. The molecule has 2 fully saturated rings. The predicted octanol–water partition coefficient (Wildman–Crippen LogP) is 0.847. The van der Waals surface area contributed by atoms with Gasteiger partial charge in [-0.3, -0.25) is 19.3 Å². The molecule has 118 valence electrons. The molecule has 1 aliphatic heterocycles. The molecular formula is C15H24N2O4. The van der Waals surface area contributed by atoms with Crippen molar-refractivity contribution in [1.82, 2.24) is 10.2 Å². The van der Waals surface area contributed by atoms with Gasteiger partial charge in [0.1, 0.15) is 5.54 Å². The van der Waals surface area contributed by atoms with Crippen LogP contribution in [0.2, 0.25) is 0 Å². The Morgan fingerprint density at radius 1 is 1.38 bits per heavy atom. The zero-order valence-electron chi connectivity index (χ0n) is 12.8. The summed E-state index contributed by atoms with van der Waals surface area (Å²) in [6.07, 6.45) is 3.91. The summed E-state index contributed by atoms with van der Waals surface area (Å²) in [6, 6.07) is 0. The number of carbonyl (C=O) groups is 3. The fraction of sp³-hybridized carbons (Fsp3) is 0.800. The Kier molecular flexibility index (Phi) is 4.98. The third-order valence-corrected chi connectivity index (χ3v) is 4.72. The van der Waals surface area contributed by atoms with Crippen molar-refractivity contribution in [2.45, 2.75) is 51.0 Å². The number of nitrogens with one attached hydrogen (secondary N) is 1. The monoisotopic (exact) mass is 296 g/mol. The van der Waals surface area contributed by atoms with Gasteiger partial charge in [-0.15, -0.1) is 0 Å². The fourth-order valence-electron chi connectivity index (χ4n) is 3.70. The number of hydrogen-bond acceptors (Lipinski definition) is 5. The van der Waals surface area contributed by atoms with Crippen molar-refractivity contribution in [3.63, 3.8) is 0 Å². The van der Waals surface area contributed by atoms with Crippen LogP contribution in [0.3, 0.4) is 0 Å². The molecule has 2 unspecified atom stereocenters. The topological polar surface area (TPSA) is 75.7 Å². The molecule has 0 radical (unpaired) electrons.